The summed E-state index contributed by atoms with van der Waals surface area (Å²) in [6.45, 7) is 4.98. The van der Waals surface area contributed by atoms with Gasteiger partial charge in [0, 0.05) is 38.8 Å². The lowest BCUT2D eigenvalue weighted by Crippen LogP contribution is -2.54. The Balaban J connectivity index is 1.31. The van der Waals surface area contributed by atoms with Crippen molar-refractivity contribution in [3.8, 4) is 5.75 Å². The van der Waals surface area contributed by atoms with E-state index in [1.165, 1.54) is 38.5 Å². The molecule has 2 aliphatic heterocycles. The average Bonchev–Trinajstić information content (AvgIpc) is 2.68. The van der Waals surface area contributed by atoms with E-state index in [2.05, 4.69) is 14.7 Å². The molecule has 1 aromatic carbocycles. The van der Waals surface area contributed by atoms with Crippen molar-refractivity contribution < 1.29 is 9.90 Å². The van der Waals surface area contributed by atoms with Crippen LogP contribution in [0.2, 0.25) is 0 Å². The SMILES string of the molecule is O=C(CN1CCN(c2ccccc2O)CC1)N1CCC[C@H]2CCCC[C@@H]21. The van der Waals surface area contributed by atoms with Crippen LogP contribution in [-0.4, -0.2) is 66.1 Å². The van der Waals surface area contributed by atoms with Gasteiger partial charge in [0.2, 0.25) is 5.91 Å². The van der Waals surface area contributed by atoms with Crippen LogP contribution in [0, 0.1) is 5.92 Å². The normalized spacial score (nSPS) is 27.2. The van der Waals surface area contributed by atoms with Gasteiger partial charge in [-0.3, -0.25) is 9.69 Å². The number of hydrogen-bond acceptors (Lipinski definition) is 4. The maximum absolute atomic E-state index is 13.0. The number of para-hydroxylation sites is 2. The first-order valence-corrected chi connectivity index (χ1v) is 10.3. The molecule has 2 heterocycles. The van der Waals surface area contributed by atoms with Gasteiger partial charge in [-0.05, 0) is 43.7 Å². The molecule has 26 heavy (non-hydrogen) atoms. The second-order valence-electron chi connectivity index (χ2n) is 8.09. The van der Waals surface area contributed by atoms with Gasteiger partial charge in [-0.2, -0.15) is 0 Å². The molecular formula is C21H31N3O2. The number of benzene rings is 1. The molecule has 0 unspecified atom stereocenters. The summed E-state index contributed by atoms with van der Waals surface area (Å²) < 4.78 is 0. The van der Waals surface area contributed by atoms with Crippen molar-refractivity contribution >= 4 is 11.6 Å². The maximum atomic E-state index is 13.0. The fourth-order valence-corrected chi connectivity index (χ4v) is 5.09. The number of phenolic OH excluding ortho intramolecular Hbond substituents is 1. The quantitative estimate of drug-likeness (QED) is 0.904. The second-order valence-corrected chi connectivity index (χ2v) is 8.09. The molecule has 0 bridgehead atoms. The van der Waals surface area contributed by atoms with Crippen molar-refractivity contribution in [1.82, 2.24) is 9.80 Å². The molecule has 3 aliphatic rings. The molecule has 1 aliphatic carbocycles. The Hall–Kier alpha value is -1.75. The van der Waals surface area contributed by atoms with E-state index < -0.39 is 0 Å². The number of piperazine rings is 1. The van der Waals surface area contributed by atoms with Gasteiger partial charge in [0.1, 0.15) is 5.75 Å². The lowest BCUT2D eigenvalue weighted by molar-refractivity contribution is -0.138. The Morgan fingerprint density at radius 1 is 0.962 bits per heavy atom. The topological polar surface area (TPSA) is 47.0 Å². The third-order valence-electron chi connectivity index (χ3n) is 6.52. The fraction of sp³-hybridized carbons (Fsp3) is 0.667. The number of piperidine rings is 1. The highest BCUT2D eigenvalue weighted by molar-refractivity contribution is 5.79. The van der Waals surface area contributed by atoms with Crippen molar-refractivity contribution in [3.63, 3.8) is 0 Å². The molecule has 0 radical (unpaired) electrons. The van der Waals surface area contributed by atoms with E-state index in [9.17, 15) is 9.90 Å². The Bertz CT molecular complexity index is 625. The number of likely N-dealkylation sites (tertiary alicyclic amines) is 1. The Morgan fingerprint density at radius 3 is 2.50 bits per heavy atom. The largest absolute Gasteiger partial charge is 0.506 e. The molecule has 1 saturated carbocycles. The third kappa shape index (κ3) is 3.68. The molecule has 5 nitrogen and oxygen atoms in total. The summed E-state index contributed by atoms with van der Waals surface area (Å²) in [6, 6.07) is 8.02. The number of amides is 1. The van der Waals surface area contributed by atoms with Crippen LogP contribution in [-0.2, 0) is 4.79 Å². The minimum Gasteiger partial charge on any atom is -0.506 e. The summed E-state index contributed by atoms with van der Waals surface area (Å²) >= 11 is 0. The van der Waals surface area contributed by atoms with Crippen molar-refractivity contribution in [2.24, 2.45) is 5.92 Å². The lowest BCUT2D eigenvalue weighted by Gasteiger charge is -2.45. The highest BCUT2D eigenvalue weighted by Gasteiger charge is 2.36. The molecule has 4 rings (SSSR count). The number of hydrogen-bond donors (Lipinski definition) is 1. The number of fused-ring (bicyclic) bond motifs is 1. The number of aromatic hydroxyl groups is 1. The Morgan fingerprint density at radius 2 is 1.69 bits per heavy atom. The van der Waals surface area contributed by atoms with Crippen LogP contribution >= 0.6 is 0 Å². The van der Waals surface area contributed by atoms with Gasteiger partial charge in [0.05, 0.1) is 12.2 Å². The van der Waals surface area contributed by atoms with E-state index in [0.717, 1.165) is 44.3 Å². The molecule has 0 aromatic heterocycles. The van der Waals surface area contributed by atoms with E-state index in [0.29, 0.717) is 24.2 Å². The molecule has 1 amide bonds. The van der Waals surface area contributed by atoms with E-state index in [-0.39, 0.29) is 0 Å². The van der Waals surface area contributed by atoms with Gasteiger partial charge < -0.3 is 14.9 Å². The Labute approximate surface area is 156 Å². The van der Waals surface area contributed by atoms with Gasteiger partial charge in [-0.15, -0.1) is 0 Å². The first kappa shape index (κ1) is 17.7. The maximum Gasteiger partial charge on any atom is 0.237 e. The van der Waals surface area contributed by atoms with E-state index >= 15 is 0 Å². The molecule has 2 atom stereocenters. The van der Waals surface area contributed by atoms with E-state index in [4.69, 9.17) is 0 Å². The second kappa shape index (κ2) is 7.87. The summed E-state index contributed by atoms with van der Waals surface area (Å²) in [4.78, 5) is 19.7. The molecule has 3 fully saturated rings. The predicted octanol–water partition coefficient (Wildman–Crippen LogP) is 2.70. The number of carbonyl (C=O) groups excluding carboxylic acids is 1. The monoisotopic (exact) mass is 357 g/mol. The molecule has 0 spiro atoms. The predicted molar refractivity (Wildman–Crippen MR) is 103 cm³/mol. The van der Waals surface area contributed by atoms with Crippen LogP contribution < -0.4 is 4.90 Å². The summed E-state index contributed by atoms with van der Waals surface area (Å²) in [6.07, 6.45) is 7.63. The van der Waals surface area contributed by atoms with Crippen LogP contribution in [0.3, 0.4) is 0 Å². The van der Waals surface area contributed by atoms with Crippen LogP contribution in [0.1, 0.15) is 38.5 Å². The summed E-state index contributed by atoms with van der Waals surface area (Å²) in [5.74, 6) is 1.42. The van der Waals surface area contributed by atoms with Gasteiger partial charge >= 0.3 is 0 Å². The van der Waals surface area contributed by atoms with Gasteiger partial charge in [-0.1, -0.05) is 25.0 Å². The summed E-state index contributed by atoms with van der Waals surface area (Å²) in [5.41, 5.74) is 0.902. The Kier molecular flexibility index (Phi) is 5.34. The minimum absolute atomic E-state index is 0.331. The highest BCUT2D eigenvalue weighted by atomic mass is 16.3. The van der Waals surface area contributed by atoms with Crippen LogP contribution in [0.5, 0.6) is 5.75 Å². The zero-order chi connectivity index (χ0) is 17.9. The van der Waals surface area contributed by atoms with Crippen molar-refractivity contribution in [2.45, 2.75) is 44.6 Å². The lowest BCUT2D eigenvalue weighted by atomic mass is 9.78. The van der Waals surface area contributed by atoms with Crippen molar-refractivity contribution in [3.05, 3.63) is 24.3 Å². The summed E-state index contributed by atoms with van der Waals surface area (Å²) in [7, 11) is 0. The summed E-state index contributed by atoms with van der Waals surface area (Å²) in [5, 5.41) is 10.0. The zero-order valence-corrected chi connectivity index (χ0v) is 15.6. The number of carbonyl (C=O) groups is 1. The fourth-order valence-electron chi connectivity index (χ4n) is 5.09. The number of rotatable bonds is 3. The van der Waals surface area contributed by atoms with Crippen molar-refractivity contribution in [1.29, 1.82) is 0 Å². The van der Waals surface area contributed by atoms with E-state index in [1.807, 2.05) is 18.2 Å². The number of phenols is 1. The van der Waals surface area contributed by atoms with Gasteiger partial charge in [-0.25, -0.2) is 0 Å². The van der Waals surface area contributed by atoms with Gasteiger partial charge in [0.25, 0.3) is 0 Å². The van der Waals surface area contributed by atoms with Crippen molar-refractivity contribution in [2.75, 3.05) is 44.2 Å². The van der Waals surface area contributed by atoms with Crippen LogP contribution in [0.15, 0.2) is 24.3 Å². The highest BCUT2D eigenvalue weighted by Crippen LogP contribution is 2.35. The van der Waals surface area contributed by atoms with Gasteiger partial charge in [0.15, 0.2) is 0 Å². The smallest absolute Gasteiger partial charge is 0.237 e. The van der Waals surface area contributed by atoms with Crippen LogP contribution in [0.25, 0.3) is 0 Å². The molecule has 2 saturated heterocycles. The third-order valence-corrected chi connectivity index (χ3v) is 6.52. The molecule has 1 aromatic rings. The van der Waals surface area contributed by atoms with E-state index in [1.54, 1.807) is 6.07 Å². The number of nitrogens with zero attached hydrogens (tertiary/aromatic N) is 3. The molecule has 142 valence electrons. The molecular weight excluding hydrogens is 326 g/mol. The molecule has 1 N–H and O–H groups in total. The number of anilines is 1. The minimum atomic E-state index is 0.331. The standard InChI is InChI=1S/C21H31N3O2/c25-20-10-4-3-9-19(20)23-14-12-22(13-15-23)16-21(26)24-11-5-7-17-6-1-2-8-18(17)24/h3-4,9-10,17-18,25H,1-2,5-8,11-16H2/t17-,18+/m1/s1. The zero-order valence-electron chi connectivity index (χ0n) is 15.6. The average molecular weight is 357 g/mol. The van der Waals surface area contributed by atoms with Crippen LogP contribution in [0.4, 0.5) is 5.69 Å². The first-order chi connectivity index (χ1) is 12.7. The molecule has 5 heteroatoms. The first-order valence-electron chi connectivity index (χ1n) is 10.3.